The average molecular weight is 237 g/mol. The summed E-state index contributed by atoms with van der Waals surface area (Å²) < 4.78 is 5.52. The number of ether oxygens (including phenoxy) is 1. The lowest BCUT2D eigenvalue weighted by Gasteiger charge is -2.06. The third-order valence-electron chi connectivity index (χ3n) is 1.79. The molecule has 0 fully saturated rings. The van der Waals surface area contributed by atoms with Crippen molar-refractivity contribution in [1.82, 2.24) is 9.97 Å². The second-order valence-electron chi connectivity index (χ2n) is 2.96. The van der Waals surface area contributed by atoms with Gasteiger partial charge >= 0.3 is 0 Å². The predicted molar refractivity (Wildman–Crippen MR) is 61.4 cm³/mol. The van der Waals surface area contributed by atoms with E-state index in [1.165, 1.54) is 6.20 Å². The Morgan fingerprint density at radius 3 is 2.88 bits per heavy atom. The van der Waals surface area contributed by atoms with Crippen molar-refractivity contribution in [3.8, 4) is 11.5 Å². The van der Waals surface area contributed by atoms with Gasteiger partial charge < -0.3 is 10.2 Å². The van der Waals surface area contributed by atoms with Crippen LogP contribution < -0.4 is 16.0 Å². The number of rotatable bonds is 3. The molecule has 0 aliphatic heterocycles. The van der Waals surface area contributed by atoms with Gasteiger partial charge in [0.1, 0.15) is 17.3 Å². The Kier molecular flexibility index (Phi) is 3.19. The second kappa shape index (κ2) is 4.78. The van der Waals surface area contributed by atoms with E-state index in [0.29, 0.717) is 22.3 Å². The third kappa shape index (κ3) is 2.59. The molecule has 0 saturated heterocycles. The molecule has 16 heavy (non-hydrogen) atoms. The number of halogens is 1. The number of nitrogens with one attached hydrogen (secondary N) is 1. The number of pyridine rings is 2. The second-order valence-corrected chi connectivity index (χ2v) is 3.40. The van der Waals surface area contributed by atoms with Gasteiger partial charge in [-0.3, -0.25) is 4.98 Å². The summed E-state index contributed by atoms with van der Waals surface area (Å²) in [4.78, 5) is 7.87. The van der Waals surface area contributed by atoms with Crippen molar-refractivity contribution in [2.24, 2.45) is 5.84 Å². The molecule has 0 spiro atoms. The van der Waals surface area contributed by atoms with Crippen LogP contribution in [0.5, 0.6) is 11.5 Å². The summed E-state index contributed by atoms with van der Waals surface area (Å²) in [6, 6.07) is 5.05. The minimum Gasteiger partial charge on any atom is -0.455 e. The van der Waals surface area contributed by atoms with Gasteiger partial charge in [0.15, 0.2) is 0 Å². The van der Waals surface area contributed by atoms with Gasteiger partial charge in [-0.25, -0.2) is 10.8 Å². The van der Waals surface area contributed by atoms with Crippen LogP contribution in [-0.2, 0) is 0 Å². The summed E-state index contributed by atoms with van der Waals surface area (Å²) >= 11 is 5.78. The van der Waals surface area contributed by atoms with Crippen LogP contribution in [0.2, 0.25) is 5.02 Å². The molecule has 0 aliphatic rings. The molecule has 82 valence electrons. The SMILES string of the molecule is NNc1cc(Oc2cncc(Cl)c2)ccn1. The maximum atomic E-state index is 5.78. The molecule has 0 radical (unpaired) electrons. The predicted octanol–water partition coefficient (Wildman–Crippen LogP) is 2.21. The zero-order chi connectivity index (χ0) is 11.4. The first-order valence-corrected chi connectivity index (χ1v) is 4.87. The van der Waals surface area contributed by atoms with E-state index >= 15 is 0 Å². The number of nitrogens with two attached hydrogens (primary N) is 1. The quantitative estimate of drug-likeness (QED) is 0.631. The average Bonchev–Trinajstić information content (AvgIpc) is 2.29. The van der Waals surface area contributed by atoms with Crippen molar-refractivity contribution in [1.29, 1.82) is 0 Å². The Labute approximate surface area is 97.2 Å². The largest absolute Gasteiger partial charge is 0.455 e. The number of hydrazine groups is 1. The Hall–Kier alpha value is -1.85. The molecule has 2 rings (SSSR count). The van der Waals surface area contributed by atoms with E-state index in [0.717, 1.165) is 0 Å². The highest BCUT2D eigenvalue weighted by Gasteiger charge is 2.00. The van der Waals surface area contributed by atoms with Crippen molar-refractivity contribution in [3.05, 3.63) is 41.8 Å². The Morgan fingerprint density at radius 2 is 2.12 bits per heavy atom. The number of anilines is 1. The molecule has 0 atom stereocenters. The number of nitrogens with zero attached hydrogens (tertiary/aromatic N) is 2. The third-order valence-corrected chi connectivity index (χ3v) is 2.00. The Bertz CT molecular complexity index is 492. The molecule has 6 heteroatoms. The zero-order valence-electron chi connectivity index (χ0n) is 8.22. The van der Waals surface area contributed by atoms with Crippen LogP contribution in [0.1, 0.15) is 0 Å². The van der Waals surface area contributed by atoms with Crippen LogP contribution in [0.25, 0.3) is 0 Å². The standard InChI is InChI=1S/C10H9ClN4O/c11-7-3-9(6-13-5-7)16-8-1-2-14-10(4-8)15-12/h1-6H,12H2,(H,14,15). The van der Waals surface area contributed by atoms with Crippen molar-refractivity contribution in [2.75, 3.05) is 5.43 Å². The molecule has 3 N–H and O–H groups in total. The first kappa shape index (κ1) is 10.7. The molecular weight excluding hydrogens is 228 g/mol. The van der Waals surface area contributed by atoms with Crippen LogP contribution in [0.3, 0.4) is 0 Å². The molecule has 5 nitrogen and oxygen atoms in total. The molecule has 0 aromatic carbocycles. The lowest BCUT2D eigenvalue weighted by Crippen LogP contribution is -2.08. The normalized spacial score (nSPS) is 9.88. The van der Waals surface area contributed by atoms with Gasteiger partial charge in [-0.15, -0.1) is 0 Å². The molecule has 2 heterocycles. The molecule has 0 bridgehead atoms. The number of nitrogen functional groups attached to an aromatic ring is 1. The van der Waals surface area contributed by atoms with Gasteiger partial charge in [-0.2, -0.15) is 0 Å². The van der Waals surface area contributed by atoms with Gasteiger partial charge in [0.25, 0.3) is 0 Å². The summed E-state index contributed by atoms with van der Waals surface area (Å²) in [7, 11) is 0. The van der Waals surface area contributed by atoms with Gasteiger partial charge in [0, 0.05) is 24.5 Å². The minimum atomic E-state index is 0.517. The molecule has 0 aliphatic carbocycles. The van der Waals surface area contributed by atoms with E-state index in [4.69, 9.17) is 22.2 Å². The fourth-order valence-corrected chi connectivity index (χ4v) is 1.30. The van der Waals surface area contributed by atoms with Crippen molar-refractivity contribution in [2.45, 2.75) is 0 Å². The summed E-state index contributed by atoms with van der Waals surface area (Å²) in [6.45, 7) is 0. The lowest BCUT2D eigenvalue weighted by molar-refractivity contribution is 0.480. The Morgan fingerprint density at radius 1 is 1.25 bits per heavy atom. The maximum absolute atomic E-state index is 5.78. The van der Waals surface area contributed by atoms with Crippen molar-refractivity contribution >= 4 is 17.4 Å². The minimum absolute atomic E-state index is 0.517. The topological polar surface area (TPSA) is 73.1 Å². The van der Waals surface area contributed by atoms with E-state index in [9.17, 15) is 0 Å². The molecule has 2 aromatic rings. The number of hydrogen-bond donors (Lipinski definition) is 2. The lowest BCUT2D eigenvalue weighted by atomic mass is 10.4. The fraction of sp³-hybridized carbons (Fsp3) is 0. The highest BCUT2D eigenvalue weighted by atomic mass is 35.5. The van der Waals surface area contributed by atoms with E-state index in [-0.39, 0.29) is 0 Å². The van der Waals surface area contributed by atoms with Gasteiger partial charge in [-0.1, -0.05) is 11.6 Å². The first-order chi connectivity index (χ1) is 7.78. The number of hydrogen-bond acceptors (Lipinski definition) is 5. The van der Waals surface area contributed by atoms with Gasteiger partial charge in [0.2, 0.25) is 0 Å². The monoisotopic (exact) mass is 236 g/mol. The van der Waals surface area contributed by atoms with E-state index in [1.54, 1.807) is 30.6 Å². The maximum Gasteiger partial charge on any atom is 0.147 e. The van der Waals surface area contributed by atoms with Gasteiger partial charge in [-0.05, 0) is 6.07 Å². The Balaban J connectivity index is 2.20. The summed E-state index contributed by atoms with van der Waals surface area (Å²) in [5, 5.41) is 0.517. The van der Waals surface area contributed by atoms with Crippen LogP contribution in [-0.4, -0.2) is 9.97 Å². The van der Waals surface area contributed by atoms with Crippen LogP contribution >= 0.6 is 11.6 Å². The van der Waals surface area contributed by atoms with Crippen molar-refractivity contribution in [3.63, 3.8) is 0 Å². The molecular formula is C10H9ClN4O. The highest BCUT2D eigenvalue weighted by molar-refractivity contribution is 6.30. The van der Waals surface area contributed by atoms with E-state index < -0.39 is 0 Å². The molecule has 0 amide bonds. The summed E-state index contributed by atoms with van der Waals surface area (Å²) in [5.74, 6) is 6.92. The van der Waals surface area contributed by atoms with Crippen molar-refractivity contribution < 1.29 is 4.74 Å². The van der Waals surface area contributed by atoms with Gasteiger partial charge in [0.05, 0.1) is 11.2 Å². The van der Waals surface area contributed by atoms with Crippen LogP contribution in [0.4, 0.5) is 5.82 Å². The summed E-state index contributed by atoms with van der Waals surface area (Å²) in [6.07, 6.45) is 4.69. The fourth-order valence-electron chi connectivity index (χ4n) is 1.14. The molecule has 2 aromatic heterocycles. The smallest absolute Gasteiger partial charge is 0.147 e. The zero-order valence-corrected chi connectivity index (χ0v) is 8.98. The van der Waals surface area contributed by atoms with E-state index in [1.807, 2.05) is 0 Å². The first-order valence-electron chi connectivity index (χ1n) is 4.49. The van der Waals surface area contributed by atoms with Crippen LogP contribution in [0, 0.1) is 0 Å². The van der Waals surface area contributed by atoms with Crippen LogP contribution in [0.15, 0.2) is 36.8 Å². The van der Waals surface area contributed by atoms with E-state index in [2.05, 4.69) is 15.4 Å². The highest BCUT2D eigenvalue weighted by Crippen LogP contribution is 2.23. The molecule has 0 saturated carbocycles. The molecule has 0 unspecified atom stereocenters. The number of aromatic nitrogens is 2. The summed E-state index contributed by atoms with van der Waals surface area (Å²) in [5.41, 5.74) is 2.43.